The number of alkyl halides is 1. The van der Waals surface area contributed by atoms with Crippen molar-refractivity contribution in [1.82, 2.24) is 0 Å². The van der Waals surface area contributed by atoms with Gasteiger partial charge in [0.25, 0.3) is 0 Å². The number of unbranched alkanes of at least 4 members (excludes halogenated alkanes) is 1. The van der Waals surface area contributed by atoms with Gasteiger partial charge in [-0.05, 0) is 17.5 Å². The van der Waals surface area contributed by atoms with Crippen molar-refractivity contribution in [2.75, 3.05) is 0 Å². The summed E-state index contributed by atoms with van der Waals surface area (Å²) in [5, 5.41) is 9.95. The van der Waals surface area contributed by atoms with E-state index in [9.17, 15) is 0 Å². The average molecular weight is 266 g/mol. The Hall–Kier alpha value is -0.810. The van der Waals surface area contributed by atoms with Gasteiger partial charge in [0.15, 0.2) is 0 Å². The third-order valence-electron chi connectivity index (χ3n) is 2.54. The monoisotopic (exact) mass is 265 g/mol. The van der Waals surface area contributed by atoms with Gasteiger partial charge in [-0.25, -0.2) is 0 Å². The second-order valence-electron chi connectivity index (χ2n) is 3.70. The first-order chi connectivity index (χ1) is 7.31. The van der Waals surface area contributed by atoms with Crippen LogP contribution in [0.2, 0.25) is 0 Å². The fraction of sp³-hybridized carbons (Fsp3) is 0.462. The summed E-state index contributed by atoms with van der Waals surface area (Å²) in [7, 11) is 0. The summed E-state index contributed by atoms with van der Waals surface area (Å²) < 4.78 is 0. The number of hydrogen-bond acceptors (Lipinski definition) is 1. The molecule has 1 aromatic carbocycles. The highest BCUT2D eigenvalue weighted by Crippen LogP contribution is 2.22. The van der Waals surface area contributed by atoms with E-state index in [4.69, 9.17) is 5.26 Å². The lowest BCUT2D eigenvalue weighted by molar-refractivity contribution is 0.671. The molecule has 0 aromatic heterocycles. The highest BCUT2D eigenvalue weighted by atomic mass is 79.9. The molecule has 1 nitrogen and oxygen atoms in total. The predicted octanol–water partition coefficient (Wildman–Crippen LogP) is 4.38. The molecular formula is C13H16BrN. The van der Waals surface area contributed by atoms with Gasteiger partial charge in [0.05, 0.1) is 12.0 Å². The molecule has 1 atom stereocenters. The second kappa shape index (κ2) is 6.63. The molecule has 1 unspecified atom stereocenters. The summed E-state index contributed by atoms with van der Waals surface area (Å²) in [5.74, 6) is 0.0642. The molecule has 0 radical (unpaired) electrons. The second-order valence-corrected chi connectivity index (χ2v) is 4.26. The summed E-state index contributed by atoms with van der Waals surface area (Å²) in [6.45, 7) is 2.16. The summed E-state index contributed by atoms with van der Waals surface area (Å²) in [5.41, 5.74) is 2.40. The van der Waals surface area contributed by atoms with Crippen LogP contribution in [-0.2, 0) is 5.33 Å². The van der Waals surface area contributed by atoms with E-state index in [0.29, 0.717) is 0 Å². The first-order valence-electron chi connectivity index (χ1n) is 5.36. The summed E-state index contributed by atoms with van der Waals surface area (Å²) in [6, 6.07) is 10.7. The predicted molar refractivity (Wildman–Crippen MR) is 67.0 cm³/mol. The van der Waals surface area contributed by atoms with Gasteiger partial charge in [0, 0.05) is 5.33 Å². The molecule has 0 amide bonds. The lowest BCUT2D eigenvalue weighted by Gasteiger charge is -2.08. The van der Waals surface area contributed by atoms with Crippen molar-refractivity contribution in [2.24, 2.45) is 0 Å². The molecule has 0 saturated carbocycles. The number of benzene rings is 1. The van der Waals surface area contributed by atoms with E-state index in [1.165, 1.54) is 5.56 Å². The molecule has 0 spiro atoms. The van der Waals surface area contributed by atoms with Gasteiger partial charge >= 0.3 is 0 Å². The van der Waals surface area contributed by atoms with Crippen LogP contribution < -0.4 is 0 Å². The Balaban J connectivity index is 2.70. The minimum atomic E-state index is 0.0642. The topological polar surface area (TPSA) is 23.8 Å². The van der Waals surface area contributed by atoms with Crippen LogP contribution >= 0.6 is 15.9 Å². The Labute approximate surface area is 100 Å². The van der Waals surface area contributed by atoms with Crippen LogP contribution in [0.5, 0.6) is 0 Å². The zero-order valence-electron chi connectivity index (χ0n) is 9.04. The molecule has 2 heteroatoms. The highest BCUT2D eigenvalue weighted by molar-refractivity contribution is 9.08. The van der Waals surface area contributed by atoms with E-state index in [0.717, 1.165) is 30.2 Å². The van der Waals surface area contributed by atoms with E-state index in [1.807, 2.05) is 0 Å². The van der Waals surface area contributed by atoms with Gasteiger partial charge in [-0.1, -0.05) is 60.0 Å². The Morgan fingerprint density at radius 2 is 2.00 bits per heavy atom. The number of nitrogens with zero attached hydrogens (tertiary/aromatic N) is 1. The maximum absolute atomic E-state index is 9.07. The molecule has 0 bridgehead atoms. The van der Waals surface area contributed by atoms with Crippen molar-refractivity contribution in [2.45, 2.75) is 37.4 Å². The Morgan fingerprint density at radius 1 is 1.33 bits per heavy atom. The lowest BCUT2D eigenvalue weighted by Crippen LogP contribution is -1.95. The molecule has 15 heavy (non-hydrogen) atoms. The van der Waals surface area contributed by atoms with Crippen LogP contribution in [0.4, 0.5) is 0 Å². The normalized spacial score (nSPS) is 12.1. The van der Waals surface area contributed by atoms with Crippen LogP contribution in [0.15, 0.2) is 24.3 Å². The van der Waals surface area contributed by atoms with Gasteiger partial charge in [0.2, 0.25) is 0 Å². The molecule has 0 N–H and O–H groups in total. The van der Waals surface area contributed by atoms with Crippen LogP contribution in [0.3, 0.4) is 0 Å². The molecule has 80 valence electrons. The van der Waals surface area contributed by atoms with E-state index in [-0.39, 0.29) is 5.92 Å². The van der Waals surface area contributed by atoms with Crippen molar-refractivity contribution in [3.05, 3.63) is 35.4 Å². The van der Waals surface area contributed by atoms with E-state index in [1.54, 1.807) is 0 Å². The van der Waals surface area contributed by atoms with Crippen molar-refractivity contribution >= 4 is 15.9 Å². The van der Waals surface area contributed by atoms with Crippen LogP contribution in [0.25, 0.3) is 0 Å². The van der Waals surface area contributed by atoms with Gasteiger partial charge in [-0.15, -0.1) is 0 Å². The van der Waals surface area contributed by atoms with Crippen molar-refractivity contribution in [1.29, 1.82) is 5.26 Å². The van der Waals surface area contributed by atoms with Gasteiger partial charge in [-0.2, -0.15) is 5.26 Å². The number of hydrogen-bond donors (Lipinski definition) is 0. The summed E-state index contributed by atoms with van der Waals surface area (Å²) in [6.07, 6.45) is 3.25. The zero-order chi connectivity index (χ0) is 11.1. The molecule has 0 saturated heterocycles. The average Bonchev–Trinajstić information content (AvgIpc) is 2.31. The minimum absolute atomic E-state index is 0.0642. The smallest absolute Gasteiger partial charge is 0.0712 e. The van der Waals surface area contributed by atoms with Crippen molar-refractivity contribution in [3.8, 4) is 6.07 Å². The largest absolute Gasteiger partial charge is 0.198 e. The highest BCUT2D eigenvalue weighted by Gasteiger charge is 2.09. The summed E-state index contributed by atoms with van der Waals surface area (Å²) >= 11 is 3.41. The number of rotatable bonds is 5. The Morgan fingerprint density at radius 3 is 2.47 bits per heavy atom. The number of halogens is 1. The van der Waals surface area contributed by atoms with Gasteiger partial charge in [0.1, 0.15) is 0 Å². The Bertz CT molecular complexity index is 323. The number of nitriles is 1. The molecule has 0 aliphatic heterocycles. The maximum atomic E-state index is 9.07. The quantitative estimate of drug-likeness (QED) is 0.725. The van der Waals surface area contributed by atoms with Gasteiger partial charge in [-0.3, -0.25) is 0 Å². The van der Waals surface area contributed by atoms with Crippen molar-refractivity contribution in [3.63, 3.8) is 0 Å². The Kier molecular flexibility index (Phi) is 5.42. The van der Waals surface area contributed by atoms with E-state index < -0.39 is 0 Å². The molecule has 0 heterocycles. The molecule has 0 aliphatic carbocycles. The molecule has 1 aromatic rings. The van der Waals surface area contributed by atoms with Crippen LogP contribution in [0, 0.1) is 11.3 Å². The molecular weight excluding hydrogens is 250 g/mol. The minimum Gasteiger partial charge on any atom is -0.198 e. The molecule has 1 rings (SSSR count). The SMILES string of the molecule is CCCCC(C#N)c1ccc(CBr)cc1. The van der Waals surface area contributed by atoms with Gasteiger partial charge < -0.3 is 0 Å². The fourth-order valence-electron chi connectivity index (χ4n) is 1.55. The van der Waals surface area contributed by atoms with Crippen LogP contribution in [-0.4, -0.2) is 0 Å². The lowest BCUT2D eigenvalue weighted by atomic mass is 9.94. The first kappa shape index (κ1) is 12.3. The fourth-order valence-corrected chi connectivity index (χ4v) is 1.93. The van der Waals surface area contributed by atoms with Crippen molar-refractivity contribution < 1.29 is 0 Å². The van der Waals surface area contributed by atoms with Crippen LogP contribution in [0.1, 0.15) is 43.2 Å². The molecule has 0 fully saturated rings. The third kappa shape index (κ3) is 3.68. The summed E-state index contributed by atoms with van der Waals surface area (Å²) in [4.78, 5) is 0. The molecule has 0 aliphatic rings. The van der Waals surface area contributed by atoms with E-state index >= 15 is 0 Å². The van der Waals surface area contributed by atoms with E-state index in [2.05, 4.69) is 53.2 Å². The first-order valence-corrected chi connectivity index (χ1v) is 6.48. The maximum Gasteiger partial charge on any atom is 0.0712 e. The third-order valence-corrected chi connectivity index (χ3v) is 3.19. The zero-order valence-corrected chi connectivity index (χ0v) is 10.6. The standard InChI is InChI=1S/C13H16BrN/c1-2-3-4-13(10-15)12-7-5-11(9-14)6-8-12/h5-8,13H,2-4,9H2,1H3.